The molecule has 5 nitrogen and oxygen atoms in total. The van der Waals surface area contributed by atoms with E-state index < -0.39 is 0 Å². The summed E-state index contributed by atoms with van der Waals surface area (Å²) in [5.74, 6) is 1.64. The second-order valence-electron chi connectivity index (χ2n) is 5.57. The Labute approximate surface area is 141 Å². The molecule has 2 N–H and O–H groups in total. The Balaban J connectivity index is 1.61. The molecule has 24 heavy (non-hydrogen) atoms. The van der Waals surface area contributed by atoms with Gasteiger partial charge in [-0.1, -0.05) is 30.3 Å². The first-order chi connectivity index (χ1) is 11.7. The molecular weight excluding hydrogens is 302 g/mol. The van der Waals surface area contributed by atoms with Crippen LogP contribution in [-0.2, 0) is 6.54 Å². The fraction of sp³-hybridized carbons (Fsp3) is 0.211. The summed E-state index contributed by atoms with van der Waals surface area (Å²) in [5.41, 5.74) is 2.09. The quantitative estimate of drug-likeness (QED) is 0.693. The first-order valence-electron chi connectivity index (χ1n) is 7.97. The molecule has 1 unspecified atom stereocenters. The van der Waals surface area contributed by atoms with E-state index in [-0.39, 0.29) is 12.6 Å². The Morgan fingerprint density at radius 1 is 1.08 bits per heavy atom. The van der Waals surface area contributed by atoms with Gasteiger partial charge >= 0.3 is 0 Å². The largest absolute Gasteiger partial charge is 0.457 e. The van der Waals surface area contributed by atoms with E-state index in [1.54, 1.807) is 10.9 Å². The molecule has 0 radical (unpaired) electrons. The molecule has 0 fully saturated rings. The maximum Gasteiger partial charge on any atom is 0.127 e. The van der Waals surface area contributed by atoms with Gasteiger partial charge in [0.2, 0.25) is 0 Å². The van der Waals surface area contributed by atoms with Crippen LogP contribution in [0.15, 0.2) is 67.0 Å². The summed E-state index contributed by atoms with van der Waals surface area (Å²) in [6, 6.07) is 17.9. The lowest BCUT2D eigenvalue weighted by Gasteiger charge is -2.14. The van der Waals surface area contributed by atoms with Crippen molar-refractivity contribution in [3.63, 3.8) is 0 Å². The summed E-state index contributed by atoms with van der Waals surface area (Å²) < 4.78 is 7.52. The van der Waals surface area contributed by atoms with Crippen molar-refractivity contribution in [3.8, 4) is 11.5 Å². The second-order valence-corrected chi connectivity index (χ2v) is 5.57. The maximum atomic E-state index is 8.93. The van der Waals surface area contributed by atoms with Gasteiger partial charge in [-0.3, -0.25) is 4.68 Å². The van der Waals surface area contributed by atoms with Gasteiger partial charge in [0.25, 0.3) is 0 Å². The van der Waals surface area contributed by atoms with Crippen molar-refractivity contribution in [2.45, 2.75) is 19.5 Å². The zero-order valence-electron chi connectivity index (χ0n) is 13.6. The van der Waals surface area contributed by atoms with Crippen molar-refractivity contribution in [3.05, 3.63) is 72.6 Å². The van der Waals surface area contributed by atoms with E-state index in [9.17, 15) is 0 Å². The van der Waals surface area contributed by atoms with Gasteiger partial charge in [0.1, 0.15) is 11.5 Å². The Morgan fingerprint density at radius 2 is 1.79 bits per heavy atom. The number of aromatic nitrogens is 2. The summed E-state index contributed by atoms with van der Waals surface area (Å²) >= 11 is 0. The van der Waals surface area contributed by atoms with E-state index in [1.165, 1.54) is 0 Å². The number of anilines is 1. The third-order valence-corrected chi connectivity index (χ3v) is 3.70. The van der Waals surface area contributed by atoms with Crippen LogP contribution in [0.2, 0.25) is 0 Å². The Hall–Kier alpha value is -2.79. The molecule has 0 saturated carbocycles. The second kappa shape index (κ2) is 7.66. The predicted octanol–water partition coefficient (Wildman–Crippen LogP) is 3.84. The third-order valence-electron chi connectivity index (χ3n) is 3.70. The van der Waals surface area contributed by atoms with E-state index in [0.717, 1.165) is 22.7 Å². The minimum atomic E-state index is 0.0829. The van der Waals surface area contributed by atoms with Crippen molar-refractivity contribution >= 4 is 5.69 Å². The standard InChI is InChI=1S/C19H21N3O2/c1-15(21-17-13-20-22(14-17)11-12-23)16-7-9-19(10-8-16)24-18-5-3-2-4-6-18/h2-10,13-15,21,23H,11-12H2,1H3. The summed E-state index contributed by atoms with van der Waals surface area (Å²) in [6.45, 7) is 2.68. The van der Waals surface area contributed by atoms with Gasteiger partial charge in [0, 0.05) is 12.2 Å². The number of nitrogens with zero attached hydrogens (tertiary/aromatic N) is 2. The van der Waals surface area contributed by atoms with Crippen LogP contribution < -0.4 is 10.1 Å². The fourth-order valence-corrected chi connectivity index (χ4v) is 2.45. The van der Waals surface area contributed by atoms with Gasteiger partial charge in [0.05, 0.1) is 25.0 Å². The zero-order chi connectivity index (χ0) is 16.8. The summed E-state index contributed by atoms with van der Waals surface area (Å²) in [4.78, 5) is 0. The molecule has 2 aromatic carbocycles. The van der Waals surface area contributed by atoms with E-state index in [0.29, 0.717) is 6.54 Å². The normalized spacial score (nSPS) is 11.9. The van der Waals surface area contributed by atoms with Crippen LogP contribution in [0, 0.1) is 0 Å². The highest BCUT2D eigenvalue weighted by Gasteiger charge is 2.07. The Bertz CT molecular complexity index is 754. The maximum absolute atomic E-state index is 8.93. The van der Waals surface area contributed by atoms with Crippen LogP contribution in [0.1, 0.15) is 18.5 Å². The highest BCUT2D eigenvalue weighted by atomic mass is 16.5. The SMILES string of the molecule is CC(Nc1cnn(CCO)c1)c1ccc(Oc2ccccc2)cc1. The number of para-hydroxylation sites is 1. The molecule has 0 spiro atoms. The van der Waals surface area contributed by atoms with E-state index in [2.05, 4.69) is 17.3 Å². The molecule has 1 aromatic heterocycles. The van der Waals surface area contributed by atoms with Gasteiger partial charge in [-0.05, 0) is 36.8 Å². The van der Waals surface area contributed by atoms with Crippen molar-refractivity contribution in [1.82, 2.24) is 9.78 Å². The lowest BCUT2D eigenvalue weighted by molar-refractivity contribution is 0.269. The smallest absolute Gasteiger partial charge is 0.127 e. The minimum absolute atomic E-state index is 0.0829. The third kappa shape index (κ3) is 4.14. The molecule has 0 bridgehead atoms. The topological polar surface area (TPSA) is 59.3 Å². The number of hydrogen-bond acceptors (Lipinski definition) is 4. The molecule has 3 aromatic rings. The summed E-state index contributed by atoms with van der Waals surface area (Å²) in [5, 5.41) is 16.5. The molecule has 0 amide bonds. The van der Waals surface area contributed by atoms with E-state index in [1.807, 2.05) is 60.8 Å². The number of ether oxygens (including phenoxy) is 1. The number of benzene rings is 2. The Morgan fingerprint density at radius 3 is 2.50 bits per heavy atom. The lowest BCUT2D eigenvalue weighted by atomic mass is 10.1. The van der Waals surface area contributed by atoms with E-state index >= 15 is 0 Å². The van der Waals surface area contributed by atoms with Gasteiger partial charge in [-0.25, -0.2) is 0 Å². The first-order valence-corrected chi connectivity index (χ1v) is 7.97. The molecule has 124 valence electrons. The number of hydrogen-bond donors (Lipinski definition) is 2. The van der Waals surface area contributed by atoms with Gasteiger partial charge in [-0.15, -0.1) is 0 Å². The molecule has 3 rings (SSSR count). The predicted molar refractivity (Wildman–Crippen MR) is 94.3 cm³/mol. The highest BCUT2D eigenvalue weighted by molar-refractivity contribution is 5.42. The molecule has 1 atom stereocenters. The summed E-state index contributed by atoms with van der Waals surface area (Å²) in [7, 11) is 0. The number of aliphatic hydroxyl groups is 1. The number of aliphatic hydroxyl groups excluding tert-OH is 1. The van der Waals surface area contributed by atoms with E-state index in [4.69, 9.17) is 9.84 Å². The van der Waals surface area contributed by atoms with Gasteiger partial charge in [0.15, 0.2) is 0 Å². The van der Waals surface area contributed by atoms with Crippen LogP contribution in [0.4, 0.5) is 5.69 Å². The zero-order valence-corrected chi connectivity index (χ0v) is 13.6. The fourth-order valence-electron chi connectivity index (χ4n) is 2.45. The number of nitrogens with one attached hydrogen (secondary N) is 1. The molecule has 1 heterocycles. The van der Waals surface area contributed by atoms with Crippen molar-refractivity contribution in [2.75, 3.05) is 11.9 Å². The molecule has 0 aliphatic carbocycles. The first kappa shape index (κ1) is 16.1. The summed E-state index contributed by atoms with van der Waals surface area (Å²) in [6.07, 6.45) is 3.65. The van der Waals surface area contributed by atoms with Crippen molar-refractivity contribution in [1.29, 1.82) is 0 Å². The van der Waals surface area contributed by atoms with Crippen molar-refractivity contribution < 1.29 is 9.84 Å². The van der Waals surface area contributed by atoms with Crippen LogP contribution >= 0.6 is 0 Å². The van der Waals surface area contributed by atoms with Gasteiger partial charge < -0.3 is 15.2 Å². The minimum Gasteiger partial charge on any atom is -0.457 e. The Kier molecular flexibility index (Phi) is 5.13. The number of rotatable bonds is 7. The average Bonchev–Trinajstić information content (AvgIpc) is 3.04. The van der Waals surface area contributed by atoms with Crippen LogP contribution in [-0.4, -0.2) is 21.5 Å². The molecule has 0 aliphatic rings. The van der Waals surface area contributed by atoms with Crippen LogP contribution in [0.5, 0.6) is 11.5 Å². The molecule has 0 saturated heterocycles. The lowest BCUT2D eigenvalue weighted by Crippen LogP contribution is -2.06. The molecule has 0 aliphatic heterocycles. The molecule has 5 heteroatoms. The molecular formula is C19H21N3O2. The average molecular weight is 323 g/mol. The highest BCUT2D eigenvalue weighted by Crippen LogP contribution is 2.24. The monoisotopic (exact) mass is 323 g/mol. The van der Waals surface area contributed by atoms with Crippen molar-refractivity contribution in [2.24, 2.45) is 0 Å². The van der Waals surface area contributed by atoms with Crippen LogP contribution in [0.25, 0.3) is 0 Å². The van der Waals surface area contributed by atoms with Gasteiger partial charge in [-0.2, -0.15) is 5.10 Å². The van der Waals surface area contributed by atoms with Crippen LogP contribution in [0.3, 0.4) is 0 Å².